The molecule has 6 amide bonds. The smallest absolute Gasteiger partial charge is 0.408 e. The van der Waals surface area contributed by atoms with Crippen molar-refractivity contribution >= 4 is 41.4 Å². The van der Waals surface area contributed by atoms with Gasteiger partial charge in [-0.05, 0) is 89.4 Å². The van der Waals surface area contributed by atoms with Crippen LogP contribution >= 0.6 is 0 Å². The number of rotatable bonds is 15. The molecule has 1 aliphatic heterocycles. The number of nitrogens with zero attached hydrogens (tertiary/aromatic N) is 1. The molecule has 4 fully saturated rings. The molecule has 1 heterocycles. The summed E-state index contributed by atoms with van der Waals surface area (Å²) in [5.41, 5.74) is -0.779. The highest BCUT2D eigenvalue weighted by Gasteiger charge is 2.51. The topological polar surface area (TPSA) is 192 Å². The van der Waals surface area contributed by atoms with E-state index in [1.807, 2.05) is 27.7 Å². The molecule has 14 heteroatoms. The molecule has 0 spiro atoms. The van der Waals surface area contributed by atoms with Crippen molar-refractivity contribution in [3.8, 4) is 0 Å². The summed E-state index contributed by atoms with van der Waals surface area (Å²) < 4.78 is 5.12. The second kappa shape index (κ2) is 18.6. The van der Waals surface area contributed by atoms with Crippen molar-refractivity contribution in [3.05, 3.63) is 0 Å². The lowest BCUT2D eigenvalue weighted by atomic mass is 9.81. The first-order valence-corrected chi connectivity index (χ1v) is 20.1. The first-order chi connectivity index (χ1) is 25.0. The number of hydrogen-bond acceptors (Lipinski definition) is 8. The van der Waals surface area contributed by atoms with Crippen molar-refractivity contribution in [2.45, 2.75) is 187 Å². The molecule has 0 aromatic carbocycles. The van der Waals surface area contributed by atoms with E-state index >= 15 is 0 Å². The Morgan fingerprint density at radius 3 is 2.02 bits per heavy atom. The number of ether oxygens (including phenoxy) is 1. The van der Waals surface area contributed by atoms with E-state index in [2.05, 4.69) is 26.6 Å². The van der Waals surface area contributed by atoms with Crippen LogP contribution < -0.4 is 26.6 Å². The van der Waals surface area contributed by atoms with Crippen molar-refractivity contribution in [1.29, 1.82) is 0 Å². The van der Waals surface area contributed by atoms with Gasteiger partial charge in [-0.3, -0.25) is 28.8 Å². The molecule has 3 aliphatic carbocycles. The number of fused-ring (bicyclic) bond motifs is 1. The quantitative estimate of drug-likeness (QED) is 0.158. The maximum atomic E-state index is 14.9. The summed E-state index contributed by atoms with van der Waals surface area (Å²) in [5, 5.41) is 14.0. The number of hydrogen-bond donors (Lipinski definition) is 5. The molecule has 14 nitrogen and oxygen atoms in total. The highest BCUT2D eigenvalue weighted by Crippen LogP contribution is 2.41. The van der Waals surface area contributed by atoms with Crippen LogP contribution in [0.3, 0.4) is 0 Å². The van der Waals surface area contributed by atoms with Gasteiger partial charge in [0.2, 0.25) is 29.4 Å². The van der Waals surface area contributed by atoms with Gasteiger partial charge in [0, 0.05) is 12.1 Å². The number of alkyl carbamates (subject to hydrolysis) is 1. The third-order valence-electron chi connectivity index (χ3n) is 11.2. The fourth-order valence-electron chi connectivity index (χ4n) is 8.14. The Balaban J connectivity index is 1.56. The number of nitrogens with one attached hydrogen (secondary N) is 5. The minimum atomic E-state index is -1.04. The summed E-state index contributed by atoms with van der Waals surface area (Å²) in [6.07, 6.45) is 9.57. The van der Waals surface area contributed by atoms with Crippen molar-refractivity contribution in [2.75, 3.05) is 0 Å². The van der Waals surface area contributed by atoms with Gasteiger partial charge < -0.3 is 36.2 Å². The van der Waals surface area contributed by atoms with E-state index < -0.39 is 71.1 Å². The van der Waals surface area contributed by atoms with E-state index in [-0.39, 0.29) is 42.4 Å². The summed E-state index contributed by atoms with van der Waals surface area (Å²) in [6, 6.07) is -5.06. The fraction of sp³-hybridized carbons (Fsp3) is 0.821. The zero-order valence-electron chi connectivity index (χ0n) is 32.9. The molecule has 0 aromatic heterocycles. The lowest BCUT2D eigenvalue weighted by molar-refractivity contribution is -0.147. The Morgan fingerprint density at radius 2 is 1.42 bits per heavy atom. The Morgan fingerprint density at radius 1 is 0.774 bits per heavy atom. The molecule has 53 heavy (non-hydrogen) atoms. The Kier molecular flexibility index (Phi) is 14.7. The van der Waals surface area contributed by atoms with E-state index in [9.17, 15) is 33.6 Å². The van der Waals surface area contributed by atoms with Gasteiger partial charge in [0.15, 0.2) is 0 Å². The molecular formula is C39H64N6O8. The van der Waals surface area contributed by atoms with E-state index in [0.717, 1.165) is 70.6 Å². The summed E-state index contributed by atoms with van der Waals surface area (Å²) in [5.74, 6) is -3.36. The summed E-state index contributed by atoms with van der Waals surface area (Å²) in [7, 11) is 0. The maximum absolute atomic E-state index is 14.9. The molecule has 0 aromatic rings. The Labute approximate surface area is 314 Å². The lowest BCUT2D eigenvalue weighted by Crippen LogP contribution is -2.63. The molecule has 0 bridgehead atoms. The van der Waals surface area contributed by atoms with Crippen LogP contribution in [-0.4, -0.2) is 94.7 Å². The monoisotopic (exact) mass is 744 g/mol. The van der Waals surface area contributed by atoms with Crippen LogP contribution in [0.2, 0.25) is 0 Å². The van der Waals surface area contributed by atoms with E-state index in [0.29, 0.717) is 12.8 Å². The third kappa shape index (κ3) is 11.4. The predicted molar refractivity (Wildman–Crippen MR) is 198 cm³/mol. The average molecular weight is 745 g/mol. The molecule has 1 saturated heterocycles. The van der Waals surface area contributed by atoms with Gasteiger partial charge in [-0.15, -0.1) is 0 Å². The van der Waals surface area contributed by atoms with Crippen LogP contribution in [0.5, 0.6) is 0 Å². The molecule has 5 N–H and O–H groups in total. The second-order valence-corrected chi connectivity index (χ2v) is 17.1. The number of likely N-dealkylation sites (tertiary alicyclic amines) is 1. The van der Waals surface area contributed by atoms with Gasteiger partial charge in [-0.1, -0.05) is 66.2 Å². The van der Waals surface area contributed by atoms with Crippen LogP contribution in [0, 0.1) is 17.3 Å². The highest BCUT2D eigenvalue weighted by molar-refractivity contribution is 6.38. The minimum Gasteiger partial charge on any atom is -0.447 e. The van der Waals surface area contributed by atoms with Gasteiger partial charge in [0.1, 0.15) is 24.2 Å². The van der Waals surface area contributed by atoms with Crippen LogP contribution in [0.4, 0.5) is 4.79 Å². The van der Waals surface area contributed by atoms with Gasteiger partial charge in [-0.25, -0.2) is 4.79 Å². The molecule has 3 saturated carbocycles. The second-order valence-electron chi connectivity index (χ2n) is 17.1. The van der Waals surface area contributed by atoms with Crippen molar-refractivity contribution in [2.24, 2.45) is 17.3 Å². The third-order valence-corrected chi connectivity index (χ3v) is 11.2. The molecule has 4 aliphatic rings. The lowest BCUT2D eigenvalue weighted by Gasteiger charge is -2.40. The minimum absolute atomic E-state index is 0.000319. The molecule has 7 atom stereocenters. The maximum Gasteiger partial charge on any atom is 0.408 e. The Bertz CT molecular complexity index is 1350. The first-order valence-electron chi connectivity index (χ1n) is 20.1. The summed E-state index contributed by atoms with van der Waals surface area (Å²) >= 11 is 0. The number of carbonyl (C=O) groups excluding carboxylic acids is 7. The van der Waals surface area contributed by atoms with Crippen LogP contribution in [0.15, 0.2) is 0 Å². The molecule has 0 radical (unpaired) electrons. The number of Topliss-reactive ketones (excluding diaryl/α,β-unsaturated/α-hetero) is 1. The molecule has 1 unspecified atom stereocenters. The van der Waals surface area contributed by atoms with E-state index in [1.54, 1.807) is 18.7 Å². The van der Waals surface area contributed by atoms with Crippen molar-refractivity contribution in [3.63, 3.8) is 0 Å². The number of amides is 6. The summed E-state index contributed by atoms with van der Waals surface area (Å²) in [4.78, 5) is 96.4. The van der Waals surface area contributed by atoms with Crippen LogP contribution in [0.25, 0.3) is 0 Å². The fourth-order valence-corrected chi connectivity index (χ4v) is 8.14. The Hall–Kier alpha value is -3.71. The van der Waals surface area contributed by atoms with Gasteiger partial charge in [-0.2, -0.15) is 0 Å². The molecule has 298 valence electrons. The predicted octanol–water partition coefficient (Wildman–Crippen LogP) is 3.40. The first kappa shape index (κ1) is 42.0. The normalized spacial score (nSPS) is 24.2. The molecular weight excluding hydrogens is 680 g/mol. The van der Waals surface area contributed by atoms with Crippen molar-refractivity contribution in [1.82, 2.24) is 31.5 Å². The summed E-state index contributed by atoms with van der Waals surface area (Å²) in [6.45, 7) is 12.4. The average Bonchev–Trinajstić information content (AvgIpc) is 3.83. The number of carbonyl (C=O) groups is 7. The highest BCUT2D eigenvalue weighted by atomic mass is 16.6. The van der Waals surface area contributed by atoms with Gasteiger partial charge in [0.25, 0.3) is 5.91 Å². The standard InChI is InChI=1S/C39H64N6O8/c1-8-14-27(31(46)36(50)41-26-19-20-26)42-34(48)29-21-25-17-12-13-18-28(25)45(29)37(51)32(39(5,6)7)44-35(49)30(24-15-10-9-11-16-24)43-33(47)23(4)40-38(52)53-22(2)3/h22-30,32H,8-21H2,1-7H3,(H,40,52)(H,41,50)(H,42,48)(H,43,47)(H,44,49)/t23-,25-,27?,28-,29-,30-,32+/m0/s1. The van der Waals surface area contributed by atoms with Crippen molar-refractivity contribution < 1.29 is 38.3 Å². The zero-order valence-corrected chi connectivity index (χ0v) is 32.9. The zero-order chi connectivity index (χ0) is 39.0. The van der Waals surface area contributed by atoms with E-state index in [1.165, 1.54) is 6.92 Å². The number of ketones is 1. The van der Waals surface area contributed by atoms with Crippen LogP contribution in [0.1, 0.15) is 138 Å². The SMILES string of the molecule is CCCC(NC(=O)[C@@H]1C[C@@H]2CCCC[C@@H]2N1C(=O)[C@@H](NC(=O)[C@@H](NC(=O)[C@H](C)NC(=O)OC(C)C)C1CCCCC1)C(C)(C)C)C(=O)C(=O)NC1CC1. The van der Waals surface area contributed by atoms with Gasteiger partial charge >= 0.3 is 6.09 Å². The van der Waals surface area contributed by atoms with E-state index in [4.69, 9.17) is 4.74 Å². The van der Waals surface area contributed by atoms with Gasteiger partial charge in [0.05, 0.1) is 12.1 Å². The molecule has 4 rings (SSSR count). The largest absolute Gasteiger partial charge is 0.447 e. The van der Waals surface area contributed by atoms with Crippen LogP contribution in [-0.2, 0) is 33.5 Å².